The van der Waals surface area contributed by atoms with E-state index < -0.39 is 17.3 Å². The molecule has 0 spiro atoms. The minimum atomic E-state index is -0.680. The lowest BCUT2D eigenvalue weighted by Gasteiger charge is -2.20. The van der Waals surface area contributed by atoms with Crippen LogP contribution < -0.4 is 0 Å². The van der Waals surface area contributed by atoms with Crippen LogP contribution in [-0.4, -0.2) is 26.9 Å². The number of carbonyl (C=O) groups is 2. The van der Waals surface area contributed by atoms with Crippen LogP contribution in [-0.2, 0) is 0 Å². The molecule has 0 amide bonds. The van der Waals surface area contributed by atoms with E-state index in [9.17, 15) is 24.9 Å². The average Bonchev–Trinajstić information content (AvgIpc) is 2.37. The van der Waals surface area contributed by atoms with Gasteiger partial charge in [-0.25, -0.2) is 0 Å². The Hall–Kier alpha value is -2.82. The van der Waals surface area contributed by atoms with Crippen molar-refractivity contribution in [3.63, 3.8) is 0 Å². The highest BCUT2D eigenvalue weighted by molar-refractivity contribution is 6.31. The second kappa shape index (κ2) is 3.84. The number of rotatable bonds is 0. The molecule has 0 unspecified atom stereocenters. The summed E-state index contributed by atoms with van der Waals surface area (Å²) in [5.41, 5.74) is -0.00505. The van der Waals surface area contributed by atoms with Gasteiger partial charge in [-0.2, -0.15) is 0 Å². The molecule has 2 aromatic rings. The number of carbonyl (C=O) groups excluding carboxylic acids is 2. The highest BCUT2D eigenvalue weighted by Gasteiger charge is 2.36. The molecule has 5 heteroatoms. The lowest BCUT2D eigenvalue weighted by Crippen LogP contribution is -2.21. The third-order valence-electron chi connectivity index (χ3n) is 3.35. The molecule has 3 N–H and O–H groups in total. The van der Waals surface area contributed by atoms with Gasteiger partial charge >= 0.3 is 0 Å². The number of ketones is 2. The zero-order valence-electron chi connectivity index (χ0n) is 10.5. The van der Waals surface area contributed by atoms with Gasteiger partial charge in [-0.3, -0.25) is 9.59 Å². The van der Waals surface area contributed by atoms with E-state index in [1.165, 1.54) is 12.1 Å². The fourth-order valence-electron chi connectivity index (χ4n) is 2.49. The number of hydrogen-bond donors (Lipinski definition) is 3. The Bertz CT molecular complexity index is 789. The second-order valence-corrected chi connectivity index (χ2v) is 4.72. The van der Waals surface area contributed by atoms with E-state index in [0.29, 0.717) is 5.56 Å². The summed E-state index contributed by atoms with van der Waals surface area (Å²) in [6.45, 7) is 1.68. The van der Waals surface area contributed by atoms with Crippen LogP contribution in [0.25, 0.3) is 0 Å². The Labute approximate surface area is 113 Å². The third kappa shape index (κ3) is 1.43. The molecule has 100 valence electrons. The van der Waals surface area contributed by atoms with Crippen LogP contribution in [0.5, 0.6) is 17.2 Å². The van der Waals surface area contributed by atoms with Crippen LogP contribution in [0.15, 0.2) is 24.3 Å². The van der Waals surface area contributed by atoms with Gasteiger partial charge in [0, 0.05) is 5.56 Å². The van der Waals surface area contributed by atoms with E-state index in [4.69, 9.17) is 0 Å². The molecule has 5 nitrogen and oxygen atoms in total. The summed E-state index contributed by atoms with van der Waals surface area (Å²) in [5, 5.41) is 29.5. The monoisotopic (exact) mass is 270 g/mol. The Morgan fingerprint density at radius 3 is 1.90 bits per heavy atom. The molecule has 0 saturated carbocycles. The molecule has 0 saturated heterocycles. The van der Waals surface area contributed by atoms with Crippen molar-refractivity contribution in [3.05, 3.63) is 52.1 Å². The molecule has 0 atom stereocenters. The van der Waals surface area contributed by atoms with Crippen molar-refractivity contribution < 1.29 is 24.9 Å². The summed E-state index contributed by atoms with van der Waals surface area (Å²) < 4.78 is 0. The summed E-state index contributed by atoms with van der Waals surface area (Å²) >= 11 is 0. The van der Waals surface area contributed by atoms with E-state index >= 15 is 0 Å². The van der Waals surface area contributed by atoms with Gasteiger partial charge in [-0.15, -0.1) is 0 Å². The first-order valence-electron chi connectivity index (χ1n) is 5.89. The van der Waals surface area contributed by atoms with Gasteiger partial charge in [0.15, 0.2) is 5.78 Å². The van der Waals surface area contributed by atoms with Crippen LogP contribution in [0, 0.1) is 6.92 Å². The van der Waals surface area contributed by atoms with Crippen molar-refractivity contribution in [2.24, 2.45) is 0 Å². The third-order valence-corrected chi connectivity index (χ3v) is 3.35. The fourth-order valence-corrected chi connectivity index (χ4v) is 2.49. The number of aryl methyl sites for hydroxylation is 1. The topological polar surface area (TPSA) is 94.8 Å². The van der Waals surface area contributed by atoms with E-state index in [0.717, 1.165) is 12.1 Å². The maximum Gasteiger partial charge on any atom is 0.202 e. The number of benzene rings is 2. The molecule has 20 heavy (non-hydrogen) atoms. The minimum Gasteiger partial charge on any atom is -0.507 e. The SMILES string of the molecule is Cc1cc(O)c2c(c1)C(=O)c1c(O)ccc(O)c1C2=O. The maximum absolute atomic E-state index is 12.4. The highest BCUT2D eigenvalue weighted by Crippen LogP contribution is 2.40. The number of aromatic hydroxyl groups is 3. The van der Waals surface area contributed by atoms with Crippen LogP contribution in [0.1, 0.15) is 37.4 Å². The van der Waals surface area contributed by atoms with Gasteiger partial charge in [-0.1, -0.05) is 0 Å². The van der Waals surface area contributed by atoms with E-state index in [-0.39, 0.29) is 33.8 Å². The van der Waals surface area contributed by atoms with Gasteiger partial charge in [0.05, 0.1) is 16.7 Å². The van der Waals surface area contributed by atoms with Gasteiger partial charge in [0.1, 0.15) is 17.2 Å². The predicted molar refractivity (Wildman–Crippen MR) is 69.5 cm³/mol. The van der Waals surface area contributed by atoms with Gasteiger partial charge in [0.2, 0.25) is 5.78 Å². The van der Waals surface area contributed by atoms with Crippen LogP contribution >= 0.6 is 0 Å². The first-order valence-corrected chi connectivity index (χ1v) is 5.89. The summed E-state index contributed by atoms with van der Waals surface area (Å²) in [4.78, 5) is 24.8. The quantitative estimate of drug-likeness (QED) is 0.542. The van der Waals surface area contributed by atoms with E-state index in [1.807, 2.05) is 0 Å². The molecule has 2 aromatic carbocycles. The lowest BCUT2D eigenvalue weighted by atomic mass is 9.82. The standard InChI is InChI=1S/C15H10O5/c1-6-4-7-11(10(18)5-6)15(20)13-9(17)3-2-8(16)12(13)14(7)19/h2-5,16-18H,1H3. The molecule has 1 aliphatic rings. The molecular weight excluding hydrogens is 260 g/mol. The van der Waals surface area contributed by atoms with Crippen molar-refractivity contribution in [2.75, 3.05) is 0 Å². The zero-order valence-corrected chi connectivity index (χ0v) is 10.5. The molecule has 0 radical (unpaired) electrons. The second-order valence-electron chi connectivity index (χ2n) is 4.72. The maximum atomic E-state index is 12.4. The fraction of sp³-hybridized carbons (Fsp3) is 0.0667. The summed E-state index contributed by atoms with van der Waals surface area (Å²) in [7, 11) is 0. The molecule has 0 heterocycles. The molecule has 0 bridgehead atoms. The van der Waals surface area contributed by atoms with Crippen molar-refractivity contribution in [1.82, 2.24) is 0 Å². The van der Waals surface area contributed by atoms with Gasteiger partial charge in [0.25, 0.3) is 0 Å². The normalized spacial score (nSPS) is 13.1. The molecule has 0 aliphatic heterocycles. The number of phenolic OH excluding ortho intramolecular Hbond substituents is 3. The average molecular weight is 270 g/mol. The summed E-state index contributed by atoms with van der Waals surface area (Å²) in [6, 6.07) is 5.13. The van der Waals surface area contributed by atoms with Crippen LogP contribution in [0.3, 0.4) is 0 Å². The van der Waals surface area contributed by atoms with Gasteiger partial charge in [-0.05, 0) is 36.8 Å². The zero-order chi connectivity index (χ0) is 14.6. The van der Waals surface area contributed by atoms with Crippen molar-refractivity contribution in [2.45, 2.75) is 6.92 Å². The van der Waals surface area contributed by atoms with Crippen LogP contribution in [0.2, 0.25) is 0 Å². The molecule has 0 aromatic heterocycles. The summed E-state index contributed by atoms with van der Waals surface area (Å²) in [6.07, 6.45) is 0. The van der Waals surface area contributed by atoms with Crippen molar-refractivity contribution in [3.8, 4) is 17.2 Å². The number of phenols is 3. The molecule has 0 fully saturated rings. The first kappa shape index (κ1) is 12.2. The molecule has 1 aliphatic carbocycles. The number of fused-ring (bicyclic) bond motifs is 2. The number of hydrogen-bond acceptors (Lipinski definition) is 5. The van der Waals surface area contributed by atoms with E-state index in [1.54, 1.807) is 6.92 Å². The smallest absolute Gasteiger partial charge is 0.202 e. The Balaban J connectivity index is 2.43. The molecular formula is C15H10O5. The minimum absolute atomic E-state index is 0.0286. The Kier molecular flexibility index (Phi) is 2.34. The molecule has 3 rings (SSSR count). The first-order chi connectivity index (χ1) is 9.41. The van der Waals surface area contributed by atoms with Crippen LogP contribution in [0.4, 0.5) is 0 Å². The predicted octanol–water partition coefficient (Wildman–Crippen LogP) is 1.89. The highest BCUT2D eigenvalue weighted by atomic mass is 16.3. The Morgan fingerprint density at radius 2 is 1.30 bits per heavy atom. The summed E-state index contributed by atoms with van der Waals surface area (Å²) in [5.74, 6) is -2.36. The van der Waals surface area contributed by atoms with Gasteiger partial charge < -0.3 is 15.3 Å². The van der Waals surface area contributed by atoms with Crippen molar-refractivity contribution >= 4 is 11.6 Å². The van der Waals surface area contributed by atoms with Crippen molar-refractivity contribution in [1.29, 1.82) is 0 Å². The Morgan fingerprint density at radius 1 is 0.750 bits per heavy atom. The van der Waals surface area contributed by atoms with E-state index in [2.05, 4.69) is 0 Å². The lowest BCUT2D eigenvalue weighted by molar-refractivity contribution is 0.0971. The largest absolute Gasteiger partial charge is 0.507 e.